The molecule has 308 valence electrons. The number of rotatable bonds is 10. The summed E-state index contributed by atoms with van der Waals surface area (Å²) in [7, 11) is 0. The van der Waals surface area contributed by atoms with E-state index in [-0.39, 0.29) is 36.4 Å². The molecule has 53 heavy (non-hydrogen) atoms. The fourth-order valence-corrected chi connectivity index (χ4v) is 5.94. The molecule has 16 nitrogen and oxygen atoms in total. The summed E-state index contributed by atoms with van der Waals surface area (Å²) >= 11 is 0. The minimum atomic E-state index is -1.09. The van der Waals surface area contributed by atoms with Crippen molar-refractivity contribution in [3.8, 4) is 0 Å². The average Bonchev–Trinajstić information content (AvgIpc) is 3.23. The molecule has 8 N–H and O–H groups in total. The predicted molar refractivity (Wildman–Crippen MR) is 201 cm³/mol. The van der Waals surface area contributed by atoms with Crippen LogP contribution in [0.4, 0.5) is 14.4 Å². The van der Waals surface area contributed by atoms with E-state index in [0.29, 0.717) is 44.7 Å². The molecule has 0 aliphatic carbocycles. The van der Waals surface area contributed by atoms with Crippen LogP contribution in [0.15, 0.2) is 0 Å². The van der Waals surface area contributed by atoms with Gasteiger partial charge in [-0.3, -0.25) is 9.59 Å². The Kier molecular flexibility index (Phi) is 19.3. The molecule has 8 atom stereocenters. The first-order valence-corrected chi connectivity index (χ1v) is 19.0. The lowest BCUT2D eigenvalue weighted by atomic mass is 10.0. The summed E-state index contributed by atoms with van der Waals surface area (Å²) in [6.45, 7) is 22.6. The van der Waals surface area contributed by atoms with E-state index in [1.54, 1.807) is 48.5 Å². The molecule has 0 aromatic heterocycles. The number of hydrogen-bond acceptors (Lipinski definition) is 10. The Morgan fingerprint density at radius 3 is 1.53 bits per heavy atom. The lowest BCUT2D eigenvalue weighted by Gasteiger charge is -2.28. The molecule has 2 aliphatic heterocycles. The van der Waals surface area contributed by atoms with Gasteiger partial charge in [0.1, 0.15) is 23.3 Å². The second-order valence-electron chi connectivity index (χ2n) is 17.3. The summed E-state index contributed by atoms with van der Waals surface area (Å²) in [5.41, 5.74) is -1.31. The molecule has 16 heteroatoms. The van der Waals surface area contributed by atoms with Gasteiger partial charge in [-0.2, -0.15) is 0 Å². The van der Waals surface area contributed by atoms with E-state index in [1.165, 1.54) is 4.90 Å². The topological polar surface area (TPSA) is 228 Å². The van der Waals surface area contributed by atoms with Gasteiger partial charge in [-0.1, -0.05) is 27.7 Å². The van der Waals surface area contributed by atoms with Gasteiger partial charge in [0.2, 0.25) is 11.8 Å². The zero-order valence-corrected chi connectivity index (χ0v) is 34.1. The van der Waals surface area contributed by atoms with Gasteiger partial charge in [-0.25, -0.2) is 14.4 Å². The molecule has 2 rings (SSSR count). The number of hydrogen-bond donors (Lipinski definition) is 8. The average molecular weight is 759 g/mol. The predicted octanol–water partition coefficient (Wildman–Crippen LogP) is 3.48. The largest absolute Gasteiger partial charge is 0.465 e. The van der Waals surface area contributed by atoms with Crippen molar-refractivity contribution in [3.63, 3.8) is 0 Å². The fraction of sp³-hybridized carbons (Fsp3) is 0.865. The van der Waals surface area contributed by atoms with Crippen LogP contribution in [-0.2, 0) is 19.1 Å². The lowest BCUT2D eigenvalue weighted by Crippen LogP contribution is -2.54. The Balaban J connectivity index is 0.000000533. The third-order valence-electron chi connectivity index (χ3n) is 8.66. The summed E-state index contributed by atoms with van der Waals surface area (Å²) in [5, 5.41) is 44.1. The van der Waals surface area contributed by atoms with Crippen LogP contribution in [0.2, 0.25) is 0 Å². The quantitative estimate of drug-likeness (QED) is 0.161. The van der Waals surface area contributed by atoms with Gasteiger partial charge < -0.3 is 56.3 Å². The number of nitrogens with zero attached hydrogens (tertiary/aromatic N) is 1. The summed E-state index contributed by atoms with van der Waals surface area (Å²) in [6, 6.07) is -2.34. The van der Waals surface area contributed by atoms with Crippen molar-refractivity contribution in [1.29, 1.82) is 0 Å². The number of nitrogens with one attached hydrogen (secondary N) is 5. The molecule has 5 amide bonds. The van der Waals surface area contributed by atoms with Crippen molar-refractivity contribution >= 4 is 30.1 Å². The molecule has 0 unspecified atom stereocenters. The van der Waals surface area contributed by atoms with Gasteiger partial charge in [0.25, 0.3) is 0 Å². The van der Waals surface area contributed by atoms with Crippen molar-refractivity contribution in [2.24, 2.45) is 11.8 Å². The van der Waals surface area contributed by atoms with E-state index < -0.39 is 65.7 Å². The van der Waals surface area contributed by atoms with Crippen molar-refractivity contribution in [2.75, 3.05) is 13.1 Å². The number of carbonyl (C=O) groups is 5. The zero-order chi connectivity index (χ0) is 40.8. The highest BCUT2D eigenvalue weighted by Gasteiger charge is 2.35. The van der Waals surface area contributed by atoms with Crippen molar-refractivity contribution in [3.05, 3.63) is 0 Å². The molecule has 0 bridgehead atoms. The maximum Gasteiger partial charge on any atom is 0.408 e. The summed E-state index contributed by atoms with van der Waals surface area (Å²) in [6.07, 6.45) is -0.609. The monoisotopic (exact) mass is 759 g/mol. The molecule has 2 fully saturated rings. The van der Waals surface area contributed by atoms with Gasteiger partial charge in [-0.15, -0.1) is 0 Å². The van der Waals surface area contributed by atoms with Crippen LogP contribution in [0, 0.1) is 11.8 Å². The third-order valence-corrected chi connectivity index (χ3v) is 8.66. The first-order chi connectivity index (χ1) is 24.3. The van der Waals surface area contributed by atoms with Gasteiger partial charge in [0, 0.05) is 18.6 Å². The second-order valence-corrected chi connectivity index (χ2v) is 17.3. The van der Waals surface area contributed by atoms with E-state index in [1.807, 2.05) is 27.7 Å². The molecular formula is C37H70N6O10. The Morgan fingerprint density at radius 2 is 1.13 bits per heavy atom. The standard InChI is InChI=1S/C19H35N3O6.C18H35N3O4/c1-11(2)9-14(21-17(25)28-19(4,5)6)16(24)20-13-8-7-12(3)22(18(26)27)10-15(13)23;1-11(2)9-14(21-17(24)25-18(4,5)6)16(23)20-13-8-7-12(3)19-10-15(13)22/h11-15,23H,7-10H2,1-6H3,(H,20,24)(H,21,25)(H,26,27);11-15,19,22H,7-10H2,1-6H3,(H,20,23)(H,21,24)/t12-,13+,14+,15+;12-,13+,14-,15+/m10/s1. The number of likely N-dealkylation sites (tertiary alicyclic amines) is 1. The van der Waals surface area contributed by atoms with Crippen LogP contribution >= 0.6 is 0 Å². The maximum atomic E-state index is 12.8. The Labute approximate surface area is 316 Å². The molecule has 0 aromatic rings. The molecule has 2 heterocycles. The van der Waals surface area contributed by atoms with Gasteiger partial charge in [0.05, 0.1) is 30.8 Å². The number of β-amino-alcohol motifs (C(OH)–C–C–N with tert-alkyl or cyclic N) is 2. The third kappa shape index (κ3) is 19.5. The SMILES string of the molecule is CC(C)C[C@H](NC(=O)OC(C)(C)C)C(=O)N[C@@H]1CC[C@H](C)NC[C@H]1O.CC(C)C[C@H](NC(=O)OC(C)(C)C)C(=O)N[C@H]1CC[C@@H](C)N(C(=O)O)C[C@@H]1O. The highest BCUT2D eigenvalue weighted by Crippen LogP contribution is 2.19. The van der Waals surface area contributed by atoms with Crippen LogP contribution in [-0.4, -0.2) is 123 Å². The normalized spacial score (nSPS) is 25.0. The number of amides is 5. The van der Waals surface area contributed by atoms with Gasteiger partial charge in [-0.05, 0) is 106 Å². The van der Waals surface area contributed by atoms with Gasteiger partial charge >= 0.3 is 18.3 Å². The fourth-order valence-electron chi connectivity index (χ4n) is 5.94. The summed E-state index contributed by atoms with van der Waals surface area (Å²) in [4.78, 5) is 62.1. The van der Waals surface area contributed by atoms with E-state index in [4.69, 9.17) is 9.47 Å². The Hall–Kier alpha value is -3.37. The number of carbonyl (C=O) groups excluding carboxylic acids is 4. The number of ether oxygens (including phenoxy) is 2. The van der Waals surface area contributed by atoms with Crippen LogP contribution in [0.1, 0.15) is 122 Å². The number of carboxylic acid groups (broad SMARTS) is 1. The van der Waals surface area contributed by atoms with E-state index >= 15 is 0 Å². The number of aliphatic hydroxyl groups is 2. The highest BCUT2D eigenvalue weighted by atomic mass is 16.6. The number of aliphatic hydroxyl groups excluding tert-OH is 2. The molecule has 0 saturated carbocycles. The van der Waals surface area contributed by atoms with Crippen molar-refractivity contribution in [1.82, 2.24) is 31.5 Å². The van der Waals surface area contributed by atoms with E-state index in [2.05, 4.69) is 33.5 Å². The van der Waals surface area contributed by atoms with Crippen LogP contribution in [0.25, 0.3) is 0 Å². The minimum absolute atomic E-state index is 0.0736. The first kappa shape index (κ1) is 47.7. The van der Waals surface area contributed by atoms with E-state index in [0.717, 1.165) is 6.42 Å². The van der Waals surface area contributed by atoms with E-state index in [9.17, 15) is 39.3 Å². The molecule has 2 aliphatic rings. The van der Waals surface area contributed by atoms with Crippen LogP contribution in [0.5, 0.6) is 0 Å². The first-order valence-electron chi connectivity index (χ1n) is 19.0. The second kappa shape index (κ2) is 21.5. The molecule has 0 spiro atoms. The zero-order valence-electron chi connectivity index (χ0n) is 34.1. The lowest BCUT2D eigenvalue weighted by molar-refractivity contribution is -0.125. The maximum absolute atomic E-state index is 12.8. The molecule has 2 saturated heterocycles. The van der Waals surface area contributed by atoms with Gasteiger partial charge in [0.15, 0.2) is 0 Å². The highest BCUT2D eigenvalue weighted by molar-refractivity contribution is 5.86. The van der Waals surface area contributed by atoms with Crippen molar-refractivity contribution in [2.45, 2.75) is 181 Å². The van der Waals surface area contributed by atoms with Crippen LogP contribution < -0.4 is 26.6 Å². The van der Waals surface area contributed by atoms with Crippen molar-refractivity contribution < 1.29 is 48.8 Å². The summed E-state index contributed by atoms with van der Waals surface area (Å²) in [5.74, 6) is -0.322. The minimum Gasteiger partial charge on any atom is -0.465 e. The number of alkyl carbamates (subject to hydrolysis) is 2. The Bertz CT molecular complexity index is 1190. The Morgan fingerprint density at radius 1 is 0.717 bits per heavy atom. The molecular weight excluding hydrogens is 688 g/mol. The summed E-state index contributed by atoms with van der Waals surface area (Å²) < 4.78 is 10.5. The smallest absolute Gasteiger partial charge is 0.408 e. The molecule has 0 aromatic carbocycles. The van der Waals surface area contributed by atoms with Crippen LogP contribution in [0.3, 0.4) is 0 Å². The molecule has 0 radical (unpaired) electrons.